The van der Waals surface area contributed by atoms with Crippen molar-refractivity contribution in [2.24, 2.45) is 0 Å². The second-order valence-corrected chi connectivity index (χ2v) is 7.89. The highest BCUT2D eigenvalue weighted by Crippen LogP contribution is 2.31. The van der Waals surface area contributed by atoms with Crippen LogP contribution in [0.15, 0.2) is 55.4 Å². The molecule has 1 aromatic heterocycles. The van der Waals surface area contributed by atoms with E-state index in [9.17, 15) is 9.65 Å². The molecule has 0 spiro atoms. The molecular formula is C27H29FN2. The number of unbranched alkanes of at least 4 members (excludes halogenated alkanes) is 1. The number of aryl methyl sites for hydroxylation is 2. The zero-order chi connectivity index (χ0) is 21.7. The fourth-order valence-electron chi connectivity index (χ4n) is 3.85. The fraction of sp³-hybridized carbons (Fsp3) is 0.296. The molecule has 0 aliphatic rings. The van der Waals surface area contributed by atoms with Crippen LogP contribution < -0.4 is 0 Å². The molecule has 3 heteroatoms. The van der Waals surface area contributed by atoms with E-state index in [1.165, 1.54) is 22.8 Å². The van der Waals surface area contributed by atoms with Gasteiger partial charge in [0.1, 0.15) is 11.9 Å². The minimum absolute atomic E-state index is 0.315. The van der Waals surface area contributed by atoms with Gasteiger partial charge in [-0.05, 0) is 67.2 Å². The van der Waals surface area contributed by atoms with Crippen LogP contribution in [0, 0.1) is 24.1 Å². The quantitative estimate of drug-likeness (QED) is 0.382. The third kappa shape index (κ3) is 4.54. The van der Waals surface area contributed by atoms with E-state index in [0.717, 1.165) is 43.4 Å². The topological polar surface area (TPSA) is 28.7 Å². The summed E-state index contributed by atoms with van der Waals surface area (Å²) in [5, 5.41) is 9.65. The second-order valence-electron chi connectivity index (χ2n) is 7.89. The molecule has 0 saturated heterocycles. The van der Waals surface area contributed by atoms with E-state index in [4.69, 9.17) is 0 Å². The van der Waals surface area contributed by atoms with Crippen LogP contribution in [0.5, 0.6) is 0 Å². The first-order valence-corrected chi connectivity index (χ1v) is 10.7. The SMILES string of the molecule is C=C(CCC)c1ccc(-n2cc(C#N)c(-c3cc(C)ccc3F)c2)cc1CCCC. The van der Waals surface area contributed by atoms with Gasteiger partial charge in [0.05, 0.1) is 5.56 Å². The average Bonchev–Trinajstić information content (AvgIpc) is 3.18. The number of nitrogens with zero attached hydrogens (tertiary/aromatic N) is 2. The summed E-state index contributed by atoms with van der Waals surface area (Å²) in [6.45, 7) is 10.6. The van der Waals surface area contributed by atoms with Gasteiger partial charge in [-0.1, -0.05) is 51.0 Å². The summed E-state index contributed by atoms with van der Waals surface area (Å²) in [5.74, 6) is -0.315. The van der Waals surface area contributed by atoms with Gasteiger partial charge in [0.2, 0.25) is 0 Å². The maximum atomic E-state index is 14.5. The molecule has 0 bridgehead atoms. The van der Waals surface area contributed by atoms with Crippen LogP contribution in [0.2, 0.25) is 0 Å². The van der Waals surface area contributed by atoms with Crippen molar-refractivity contribution in [2.45, 2.75) is 52.9 Å². The summed E-state index contributed by atoms with van der Waals surface area (Å²) in [5.41, 5.74) is 7.17. The Morgan fingerprint density at radius 3 is 2.57 bits per heavy atom. The van der Waals surface area contributed by atoms with Crippen LogP contribution in [-0.4, -0.2) is 4.57 Å². The van der Waals surface area contributed by atoms with Gasteiger partial charge in [-0.3, -0.25) is 0 Å². The molecule has 0 amide bonds. The lowest BCUT2D eigenvalue weighted by Gasteiger charge is -2.14. The highest BCUT2D eigenvalue weighted by Gasteiger charge is 2.15. The zero-order valence-corrected chi connectivity index (χ0v) is 18.1. The Labute approximate surface area is 179 Å². The molecule has 30 heavy (non-hydrogen) atoms. The number of hydrogen-bond acceptors (Lipinski definition) is 1. The summed E-state index contributed by atoms with van der Waals surface area (Å²) in [4.78, 5) is 0. The minimum atomic E-state index is -0.315. The summed E-state index contributed by atoms with van der Waals surface area (Å²) in [6, 6.07) is 13.6. The predicted molar refractivity (Wildman–Crippen MR) is 123 cm³/mol. The van der Waals surface area contributed by atoms with E-state index in [2.05, 4.69) is 44.7 Å². The van der Waals surface area contributed by atoms with Crippen LogP contribution in [0.4, 0.5) is 4.39 Å². The van der Waals surface area contributed by atoms with Gasteiger partial charge in [-0.2, -0.15) is 5.26 Å². The van der Waals surface area contributed by atoms with Crippen molar-refractivity contribution in [2.75, 3.05) is 0 Å². The minimum Gasteiger partial charge on any atom is -0.322 e. The molecule has 0 radical (unpaired) electrons. The Morgan fingerprint density at radius 2 is 1.87 bits per heavy atom. The van der Waals surface area contributed by atoms with Gasteiger partial charge in [-0.25, -0.2) is 4.39 Å². The number of benzene rings is 2. The molecule has 0 atom stereocenters. The smallest absolute Gasteiger partial charge is 0.131 e. The number of hydrogen-bond donors (Lipinski definition) is 0. The van der Waals surface area contributed by atoms with Gasteiger partial charge in [-0.15, -0.1) is 0 Å². The Bertz CT molecular complexity index is 1100. The highest BCUT2D eigenvalue weighted by atomic mass is 19.1. The van der Waals surface area contributed by atoms with Gasteiger partial charge in [0.25, 0.3) is 0 Å². The lowest BCUT2D eigenvalue weighted by atomic mass is 9.94. The number of rotatable bonds is 8. The highest BCUT2D eigenvalue weighted by molar-refractivity contribution is 5.73. The Hall–Kier alpha value is -3.12. The molecule has 2 nitrogen and oxygen atoms in total. The maximum absolute atomic E-state index is 14.5. The van der Waals surface area contributed by atoms with E-state index < -0.39 is 0 Å². The molecule has 3 rings (SSSR count). The molecule has 0 aliphatic heterocycles. The molecule has 0 saturated carbocycles. The van der Waals surface area contributed by atoms with Gasteiger partial charge < -0.3 is 4.57 Å². The first-order chi connectivity index (χ1) is 14.5. The molecule has 1 heterocycles. The lowest BCUT2D eigenvalue weighted by Crippen LogP contribution is -1.98. The summed E-state index contributed by atoms with van der Waals surface area (Å²) >= 11 is 0. The molecule has 154 valence electrons. The Balaban J connectivity index is 2.07. The number of halogens is 1. The number of nitriles is 1. The summed E-state index contributed by atoms with van der Waals surface area (Å²) in [7, 11) is 0. The average molecular weight is 401 g/mol. The van der Waals surface area contributed by atoms with E-state index in [0.29, 0.717) is 16.7 Å². The summed E-state index contributed by atoms with van der Waals surface area (Å²) < 4.78 is 16.4. The lowest BCUT2D eigenvalue weighted by molar-refractivity contribution is 0.631. The van der Waals surface area contributed by atoms with Crippen molar-refractivity contribution < 1.29 is 4.39 Å². The third-order valence-corrected chi connectivity index (χ3v) is 5.48. The fourth-order valence-corrected chi connectivity index (χ4v) is 3.85. The zero-order valence-electron chi connectivity index (χ0n) is 18.1. The van der Waals surface area contributed by atoms with Crippen LogP contribution in [0.3, 0.4) is 0 Å². The van der Waals surface area contributed by atoms with Crippen molar-refractivity contribution in [3.05, 3.63) is 83.4 Å². The van der Waals surface area contributed by atoms with Crippen molar-refractivity contribution in [3.63, 3.8) is 0 Å². The van der Waals surface area contributed by atoms with E-state index >= 15 is 0 Å². The molecule has 0 aliphatic carbocycles. The largest absolute Gasteiger partial charge is 0.322 e. The maximum Gasteiger partial charge on any atom is 0.131 e. The molecule has 0 fully saturated rings. The van der Waals surface area contributed by atoms with Gasteiger partial charge >= 0.3 is 0 Å². The van der Waals surface area contributed by atoms with E-state index in [-0.39, 0.29) is 5.82 Å². The van der Waals surface area contributed by atoms with E-state index in [1.807, 2.05) is 17.7 Å². The Morgan fingerprint density at radius 1 is 1.07 bits per heavy atom. The van der Waals surface area contributed by atoms with Crippen LogP contribution in [-0.2, 0) is 6.42 Å². The van der Waals surface area contributed by atoms with Gasteiger partial charge in [0.15, 0.2) is 0 Å². The first-order valence-electron chi connectivity index (χ1n) is 10.7. The third-order valence-electron chi connectivity index (χ3n) is 5.48. The summed E-state index contributed by atoms with van der Waals surface area (Å²) in [6.07, 6.45) is 8.94. The van der Waals surface area contributed by atoms with Crippen molar-refractivity contribution in [1.29, 1.82) is 5.26 Å². The number of allylic oxidation sites excluding steroid dienone is 1. The molecule has 0 N–H and O–H groups in total. The van der Waals surface area contributed by atoms with Crippen molar-refractivity contribution >= 4 is 5.57 Å². The van der Waals surface area contributed by atoms with Crippen LogP contribution in [0.1, 0.15) is 61.8 Å². The molecule has 2 aromatic carbocycles. The van der Waals surface area contributed by atoms with Crippen LogP contribution >= 0.6 is 0 Å². The standard InChI is InChI=1S/C27H29FN2/c1-5-7-9-21-15-23(11-12-24(21)20(4)8-6-2)30-17-22(16-29)26(18-30)25-14-19(3)10-13-27(25)28/h10-15,17-18H,4-9H2,1-3H3. The van der Waals surface area contributed by atoms with Crippen molar-refractivity contribution in [3.8, 4) is 22.9 Å². The number of aromatic nitrogens is 1. The van der Waals surface area contributed by atoms with Crippen LogP contribution in [0.25, 0.3) is 22.4 Å². The molecule has 0 unspecified atom stereocenters. The van der Waals surface area contributed by atoms with Gasteiger partial charge in [0, 0.05) is 29.2 Å². The second kappa shape index (κ2) is 9.59. The predicted octanol–water partition coefficient (Wildman–Crippen LogP) is 7.62. The normalized spacial score (nSPS) is 10.8. The Kier molecular flexibility index (Phi) is 6.90. The van der Waals surface area contributed by atoms with Crippen molar-refractivity contribution in [1.82, 2.24) is 4.57 Å². The molecular weight excluding hydrogens is 371 g/mol. The molecule has 3 aromatic rings. The monoisotopic (exact) mass is 400 g/mol. The first kappa shape index (κ1) is 21.6. The van der Waals surface area contributed by atoms with E-state index in [1.54, 1.807) is 18.3 Å².